The van der Waals surface area contributed by atoms with Gasteiger partial charge >= 0.3 is 5.97 Å². The van der Waals surface area contributed by atoms with E-state index in [4.69, 9.17) is 9.47 Å². The summed E-state index contributed by atoms with van der Waals surface area (Å²) in [5.74, 6) is 0.829. The normalized spacial score (nSPS) is 12.3. The quantitative estimate of drug-likeness (QED) is 0.769. The van der Waals surface area contributed by atoms with E-state index in [1.54, 1.807) is 0 Å². The molecule has 1 rings (SSSR count). The Balaban J connectivity index is 2.56. The summed E-state index contributed by atoms with van der Waals surface area (Å²) in [4.78, 5) is 11.6. The second kappa shape index (κ2) is 7.79. The van der Waals surface area contributed by atoms with Crippen molar-refractivity contribution in [2.24, 2.45) is 5.92 Å². The lowest BCUT2D eigenvalue weighted by Gasteiger charge is -2.19. The summed E-state index contributed by atoms with van der Waals surface area (Å²) in [6.45, 7) is 7.23. The van der Waals surface area contributed by atoms with Gasteiger partial charge < -0.3 is 14.8 Å². The highest BCUT2D eigenvalue weighted by molar-refractivity contribution is 5.75. The second-order valence-electron chi connectivity index (χ2n) is 4.70. The fourth-order valence-corrected chi connectivity index (χ4v) is 1.82. The Bertz CT molecular complexity index is 387. The van der Waals surface area contributed by atoms with Crippen LogP contribution < -0.4 is 10.1 Å². The first-order valence-electron chi connectivity index (χ1n) is 6.61. The predicted octanol–water partition coefficient (Wildman–Crippen LogP) is 2.37. The van der Waals surface area contributed by atoms with Gasteiger partial charge in [-0.3, -0.25) is 4.79 Å². The van der Waals surface area contributed by atoms with Crippen LogP contribution in [0.1, 0.15) is 26.3 Å². The van der Waals surface area contributed by atoms with Crippen LogP contribution >= 0.6 is 0 Å². The lowest BCUT2D eigenvalue weighted by Crippen LogP contribution is -2.41. The summed E-state index contributed by atoms with van der Waals surface area (Å²) in [5.41, 5.74) is 1.11. The molecule has 0 saturated carbocycles. The Labute approximate surface area is 115 Å². The van der Waals surface area contributed by atoms with E-state index in [0.29, 0.717) is 13.2 Å². The van der Waals surface area contributed by atoms with Crippen LogP contribution in [0.3, 0.4) is 0 Å². The van der Waals surface area contributed by atoms with Crippen molar-refractivity contribution in [2.45, 2.75) is 33.4 Å². The van der Waals surface area contributed by atoms with Gasteiger partial charge in [0.2, 0.25) is 0 Å². The summed E-state index contributed by atoms with van der Waals surface area (Å²) in [7, 11) is 1.41. The number of methoxy groups -OCH3 is 1. The number of esters is 1. The van der Waals surface area contributed by atoms with Crippen molar-refractivity contribution in [3.63, 3.8) is 0 Å². The van der Waals surface area contributed by atoms with Gasteiger partial charge in [-0.25, -0.2) is 0 Å². The number of hydrogen-bond donors (Lipinski definition) is 1. The fourth-order valence-electron chi connectivity index (χ4n) is 1.82. The molecule has 0 aliphatic rings. The second-order valence-corrected chi connectivity index (χ2v) is 4.70. The van der Waals surface area contributed by atoms with Crippen molar-refractivity contribution in [2.75, 3.05) is 13.7 Å². The van der Waals surface area contributed by atoms with Gasteiger partial charge in [0.1, 0.15) is 11.8 Å². The highest BCUT2D eigenvalue weighted by Gasteiger charge is 2.21. The van der Waals surface area contributed by atoms with Crippen LogP contribution in [0.25, 0.3) is 0 Å². The van der Waals surface area contributed by atoms with Crippen molar-refractivity contribution >= 4 is 5.97 Å². The van der Waals surface area contributed by atoms with E-state index in [2.05, 4.69) is 5.32 Å². The van der Waals surface area contributed by atoms with Crippen molar-refractivity contribution in [1.82, 2.24) is 5.32 Å². The van der Waals surface area contributed by atoms with E-state index in [0.717, 1.165) is 11.3 Å². The number of carbonyl (C=O) groups excluding carboxylic acids is 1. The minimum Gasteiger partial charge on any atom is -0.494 e. The zero-order valence-corrected chi connectivity index (χ0v) is 12.1. The van der Waals surface area contributed by atoms with Gasteiger partial charge in [0, 0.05) is 6.54 Å². The van der Waals surface area contributed by atoms with Crippen molar-refractivity contribution < 1.29 is 14.3 Å². The minimum absolute atomic E-state index is 0.190. The largest absolute Gasteiger partial charge is 0.494 e. The molecule has 0 heterocycles. The van der Waals surface area contributed by atoms with Crippen molar-refractivity contribution in [1.29, 1.82) is 0 Å². The number of rotatable bonds is 7. The molecule has 0 aliphatic carbocycles. The monoisotopic (exact) mass is 265 g/mol. The number of carbonyl (C=O) groups is 1. The van der Waals surface area contributed by atoms with Gasteiger partial charge in [-0.15, -0.1) is 0 Å². The smallest absolute Gasteiger partial charge is 0.323 e. The van der Waals surface area contributed by atoms with Crippen LogP contribution in [0.2, 0.25) is 0 Å². The van der Waals surface area contributed by atoms with Crippen LogP contribution in [0, 0.1) is 5.92 Å². The summed E-state index contributed by atoms with van der Waals surface area (Å²) >= 11 is 0. The average molecular weight is 265 g/mol. The zero-order chi connectivity index (χ0) is 14.3. The third kappa shape index (κ3) is 4.91. The Morgan fingerprint density at radius 1 is 1.26 bits per heavy atom. The Morgan fingerprint density at radius 2 is 1.89 bits per heavy atom. The first kappa shape index (κ1) is 15.5. The van der Waals surface area contributed by atoms with Gasteiger partial charge in [0.15, 0.2) is 0 Å². The summed E-state index contributed by atoms with van der Waals surface area (Å²) in [6.07, 6.45) is 0. The molecule has 1 unspecified atom stereocenters. The molecule has 0 radical (unpaired) electrons. The SMILES string of the molecule is CCOc1ccc(CNC(C(=O)OC)C(C)C)cc1. The molecule has 1 aromatic rings. The van der Waals surface area contributed by atoms with Crippen LogP contribution in [0.4, 0.5) is 0 Å². The summed E-state index contributed by atoms with van der Waals surface area (Å²) < 4.78 is 10.2. The number of nitrogens with one attached hydrogen (secondary N) is 1. The van der Waals surface area contributed by atoms with Gasteiger partial charge in [-0.2, -0.15) is 0 Å². The zero-order valence-electron chi connectivity index (χ0n) is 12.1. The number of benzene rings is 1. The molecule has 0 aliphatic heterocycles. The number of hydrogen-bond acceptors (Lipinski definition) is 4. The molecule has 1 N–H and O–H groups in total. The first-order valence-corrected chi connectivity index (χ1v) is 6.61. The average Bonchev–Trinajstić information content (AvgIpc) is 2.40. The Kier molecular flexibility index (Phi) is 6.36. The molecule has 106 valence electrons. The van der Waals surface area contributed by atoms with E-state index in [1.165, 1.54) is 7.11 Å². The van der Waals surface area contributed by atoms with Gasteiger partial charge in [-0.1, -0.05) is 26.0 Å². The van der Waals surface area contributed by atoms with Crippen LogP contribution in [-0.2, 0) is 16.1 Å². The molecular weight excluding hydrogens is 242 g/mol. The van der Waals surface area contributed by atoms with Crippen LogP contribution in [0.5, 0.6) is 5.75 Å². The molecular formula is C15H23NO3. The van der Waals surface area contributed by atoms with Gasteiger partial charge in [0.05, 0.1) is 13.7 Å². The first-order chi connectivity index (χ1) is 9.08. The van der Waals surface area contributed by atoms with Gasteiger partial charge in [-0.05, 0) is 30.5 Å². The molecule has 0 fully saturated rings. The highest BCUT2D eigenvalue weighted by atomic mass is 16.5. The predicted molar refractivity (Wildman–Crippen MR) is 75.1 cm³/mol. The molecule has 0 amide bonds. The molecule has 4 nitrogen and oxygen atoms in total. The standard InChI is InChI=1S/C15H23NO3/c1-5-19-13-8-6-12(7-9-13)10-16-14(11(2)3)15(17)18-4/h6-9,11,14,16H,5,10H2,1-4H3. The molecule has 4 heteroatoms. The topological polar surface area (TPSA) is 47.6 Å². The summed E-state index contributed by atoms with van der Waals surface area (Å²) in [5, 5.41) is 3.22. The maximum Gasteiger partial charge on any atom is 0.323 e. The van der Waals surface area contributed by atoms with E-state index in [-0.39, 0.29) is 17.9 Å². The molecule has 1 aromatic carbocycles. The van der Waals surface area contributed by atoms with E-state index >= 15 is 0 Å². The summed E-state index contributed by atoms with van der Waals surface area (Å²) in [6, 6.07) is 7.57. The van der Waals surface area contributed by atoms with Gasteiger partial charge in [0.25, 0.3) is 0 Å². The molecule has 0 aromatic heterocycles. The maximum absolute atomic E-state index is 11.6. The van der Waals surface area contributed by atoms with Crippen LogP contribution in [-0.4, -0.2) is 25.7 Å². The molecule has 0 saturated heterocycles. The molecule has 19 heavy (non-hydrogen) atoms. The Hall–Kier alpha value is -1.55. The van der Waals surface area contributed by atoms with E-state index in [1.807, 2.05) is 45.0 Å². The fraction of sp³-hybridized carbons (Fsp3) is 0.533. The van der Waals surface area contributed by atoms with Crippen molar-refractivity contribution in [3.05, 3.63) is 29.8 Å². The van der Waals surface area contributed by atoms with Crippen molar-refractivity contribution in [3.8, 4) is 5.75 Å². The lowest BCUT2D eigenvalue weighted by molar-refractivity contribution is -0.144. The lowest BCUT2D eigenvalue weighted by atomic mass is 10.0. The maximum atomic E-state index is 11.6. The van der Waals surface area contributed by atoms with Crippen LogP contribution in [0.15, 0.2) is 24.3 Å². The molecule has 0 bridgehead atoms. The Morgan fingerprint density at radius 3 is 2.37 bits per heavy atom. The minimum atomic E-state index is -0.281. The third-order valence-electron chi connectivity index (χ3n) is 2.88. The molecule has 1 atom stereocenters. The number of ether oxygens (including phenoxy) is 2. The third-order valence-corrected chi connectivity index (χ3v) is 2.88. The molecule has 0 spiro atoms. The van der Waals surface area contributed by atoms with E-state index < -0.39 is 0 Å². The highest BCUT2D eigenvalue weighted by Crippen LogP contribution is 2.12. The van der Waals surface area contributed by atoms with E-state index in [9.17, 15) is 4.79 Å².